The Morgan fingerprint density at radius 2 is 2.10 bits per heavy atom. The van der Waals surface area contributed by atoms with Gasteiger partial charge in [-0.25, -0.2) is 0 Å². The summed E-state index contributed by atoms with van der Waals surface area (Å²) in [6, 6.07) is 13.0. The molecule has 0 atom stereocenters. The van der Waals surface area contributed by atoms with Crippen molar-refractivity contribution < 1.29 is 9.53 Å². The topological polar surface area (TPSA) is 38.3 Å². The first-order valence-corrected chi connectivity index (χ1v) is 7.44. The number of rotatable bonds is 4. The van der Waals surface area contributed by atoms with E-state index in [-0.39, 0.29) is 12.5 Å². The van der Waals surface area contributed by atoms with E-state index in [1.807, 2.05) is 37.3 Å². The molecule has 0 spiro atoms. The molecule has 20 heavy (non-hydrogen) atoms. The molecule has 0 saturated carbocycles. The van der Waals surface area contributed by atoms with Gasteiger partial charge in [0.15, 0.2) is 6.61 Å². The SMILES string of the molecule is Cc1ccc(NC(=O)COc2cccc(I)c2)c(Cl)c1. The molecular weight excluding hydrogens is 389 g/mol. The minimum atomic E-state index is -0.241. The lowest BCUT2D eigenvalue weighted by Gasteiger charge is -2.09. The van der Waals surface area contributed by atoms with E-state index >= 15 is 0 Å². The molecule has 0 aliphatic rings. The zero-order valence-electron chi connectivity index (χ0n) is 10.8. The van der Waals surface area contributed by atoms with Crippen LogP contribution in [0.1, 0.15) is 5.56 Å². The second-order valence-electron chi connectivity index (χ2n) is 4.28. The molecule has 3 nitrogen and oxygen atoms in total. The number of aryl methyl sites for hydroxylation is 1. The van der Waals surface area contributed by atoms with Crippen molar-refractivity contribution in [3.63, 3.8) is 0 Å². The van der Waals surface area contributed by atoms with E-state index in [0.29, 0.717) is 16.5 Å². The summed E-state index contributed by atoms with van der Waals surface area (Å²) in [5, 5.41) is 3.25. The minimum Gasteiger partial charge on any atom is -0.484 e. The Morgan fingerprint density at radius 1 is 1.30 bits per heavy atom. The average molecular weight is 402 g/mol. The highest BCUT2D eigenvalue weighted by Gasteiger charge is 2.07. The fraction of sp³-hybridized carbons (Fsp3) is 0.133. The van der Waals surface area contributed by atoms with Crippen LogP contribution in [0.5, 0.6) is 5.75 Å². The lowest BCUT2D eigenvalue weighted by Crippen LogP contribution is -2.20. The molecule has 0 fully saturated rings. The fourth-order valence-corrected chi connectivity index (χ4v) is 2.41. The van der Waals surface area contributed by atoms with Crippen LogP contribution in [0.15, 0.2) is 42.5 Å². The molecule has 0 aromatic heterocycles. The van der Waals surface area contributed by atoms with Gasteiger partial charge in [0.25, 0.3) is 5.91 Å². The maximum atomic E-state index is 11.8. The standard InChI is InChI=1S/C15H13ClINO2/c1-10-5-6-14(13(16)7-10)18-15(19)9-20-12-4-2-3-11(17)8-12/h2-8H,9H2,1H3,(H,18,19). The molecule has 2 aromatic rings. The lowest BCUT2D eigenvalue weighted by molar-refractivity contribution is -0.118. The number of carbonyl (C=O) groups excluding carboxylic acids is 1. The van der Waals surface area contributed by atoms with Crippen molar-refractivity contribution in [3.05, 3.63) is 56.6 Å². The first-order chi connectivity index (χ1) is 9.54. The average Bonchev–Trinajstić information content (AvgIpc) is 2.40. The number of ether oxygens (including phenoxy) is 1. The van der Waals surface area contributed by atoms with E-state index in [9.17, 15) is 4.79 Å². The Morgan fingerprint density at radius 3 is 2.80 bits per heavy atom. The van der Waals surface area contributed by atoms with E-state index in [1.165, 1.54) is 0 Å². The third-order valence-electron chi connectivity index (χ3n) is 2.56. The van der Waals surface area contributed by atoms with Crippen LogP contribution in [0, 0.1) is 10.5 Å². The van der Waals surface area contributed by atoms with E-state index in [0.717, 1.165) is 9.13 Å². The van der Waals surface area contributed by atoms with Crippen LogP contribution in [0.25, 0.3) is 0 Å². The van der Waals surface area contributed by atoms with Crippen LogP contribution < -0.4 is 10.1 Å². The van der Waals surface area contributed by atoms with Gasteiger partial charge in [-0.15, -0.1) is 0 Å². The number of amides is 1. The van der Waals surface area contributed by atoms with Crippen molar-refractivity contribution in [2.24, 2.45) is 0 Å². The van der Waals surface area contributed by atoms with Gasteiger partial charge >= 0.3 is 0 Å². The van der Waals surface area contributed by atoms with Gasteiger partial charge in [0.05, 0.1) is 10.7 Å². The zero-order chi connectivity index (χ0) is 14.5. The van der Waals surface area contributed by atoms with Crippen LogP contribution in [0.2, 0.25) is 5.02 Å². The normalized spacial score (nSPS) is 10.2. The molecular formula is C15H13ClINO2. The molecule has 1 N–H and O–H groups in total. The lowest BCUT2D eigenvalue weighted by atomic mass is 10.2. The van der Waals surface area contributed by atoms with Crippen molar-refractivity contribution >= 4 is 45.8 Å². The third-order valence-corrected chi connectivity index (χ3v) is 3.55. The highest BCUT2D eigenvalue weighted by atomic mass is 127. The smallest absolute Gasteiger partial charge is 0.262 e. The van der Waals surface area contributed by atoms with Crippen LogP contribution in [0.4, 0.5) is 5.69 Å². The first kappa shape index (κ1) is 15.1. The number of anilines is 1. The van der Waals surface area contributed by atoms with Gasteiger partial charge in [-0.2, -0.15) is 0 Å². The fourth-order valence-electron chi connectivity index (χ4n) is 1.61. The van der Waals surface area contributed by atoms with Gasteiger partial charge in [0.2, 0.25) is 0 Å². The largest absolute Gasteiger partial charge is 0.484 e. The van der Waals surface area contributed by atoms with Crippen LogP contribution >= 0.6 is 34.2 Å². The maximum absolute atomic E-state index is 11.8. The van der Waals surface area contributed by atoms with Crippen LogP contribution in [-0.4, -0.2) is 12.5 Å². The van der Waals surface area contributed by atoms with Crippen molar-refractivity contribution in [2.45, 2.75) is 6.92 Å². The summed E-state index contributed by atoms with van der Waals surface area (Å²) in [4.78, 5) is 11.8. The summed E-state index contributed by atoms with van der Waals surface area (Å²) in [5.74, 6) is 0.427. The van der Waals surface area contributed by atoms with Crippen molar-refractivity contribution in [1.82, 2.24) is 0 Å². The number of carbonyl (C=O) groups is 1. The monoisotopic (exact) mass is 401 g/mol. The summed E-state index contributed by atoms with van der Waals surface area (Å²) in [5.41, 5.74) is 1.64. The second kappa shape index (κ2) is 6.95. The Hall–Kier alpha value is -1.27. The molecule has 104 valence electrons. The number of hydrogen-bond acceptors (Lipinski definition) is 2. The van der Waals surface area contributed by atoms with Crippen molar-refractivity contribution in [2.75, 3.05) is 11.9 Å². The predicted molar refractivity (Wildman–Crippen MR) is 89.5 cm³/mol. The number of hydrogen-bond donors (Lipinski definition) is 1. The molecule has 0 aliphatic carbocycles. The Kier molecular flexibility index (Phi) is 5.25. The molecule has 0 heterocycles. The van der Waals surface area contributed by atoms with E-state index in [2.05, 4.69) is 27.9 Å². The Balaban J connectivity index is 1.92. The van der Waals surface area contributed by atoms with Gasteiger partial charge in [-0.05, 0) is 65.4 Å². The Labute approximate surface area is 136 Å². The summed E-state index contributed by atoms with van der Waals surface area (Å²) >= 11 is 8.25. The molecule has 0 aliphatic heterocycles. The van der Waals surface area contributed by atoms with Gasteiger partial charge in [-0.1, -0.05) is 23.7 Å². The van der Waals surface area contributed by atoms with Gasteiger partial charge in [0, 0.05) is 3.57 Å². The molecule has 0 bridgehead atoms. The van der Waals surface area contributed by atoms with Crippen molar-refractivity contribution in [3.8, 4) is 5.75 Å². The molecule has 0 saturated heterocycles. The quantitative estimate of drug-likeness (QED) is 0.777. The van der Waals surface area contributed by atoms with Gasteiger partial charge < -0.3 is 10.1 Å². The molecule has 0 radical (unpaired) electrons. The molecule has 2 aromatic carbocycles. The highest BCUT2D eigenvalue weighted by molar-refractivity contribution is 14.1. The summed E-state index contributed by atoms with van der Waals surface area (Å²) < 4.78 is 6.48. The summed E-state index contributed by atoms with van der Waals surface area (Å²) in [7, 11) is 0. The summed E-state index contributed by atoms with van der Waals surface area (Å²) in [6.45, 7) is 1.89. The van der Waals surface area contributed by atoms with E-state index in [4.69, 9.17) is 16.3 Å². The Bertz CT molecular complexity index is 631. The highest BCUT2D eigenvalue weighted by Crippen LogP contribution is 2.22. The second-order valence-corrected chi connectivity index (χ2v) is 5.93. The molecule has 1 amide bonds. The molecule has 5 heteroatoms. The van der Waals surface area contributed by atoms with Gasteiger partial charge in [0.1, 0.15) is 5.75 Å². The number of nitrogens with one attached hydrogen (secondary N) is 1. The number of halogens is 2. The third kappa shape index (κ3) is 4.38. The van der Waals surface area contributed by atoms with E-state index < -0.39 is 0 Å². The first-order valence-electron chi connectivity index (χ1n) is 5.99. The predicted octanol–water partition coefficient (Wildman–Crippen LogP) is 4.27. The zero-order valence-corrected chi connectivity index (χ0v) is 13.7. The van der Waals surface area contributed by atoms with Gasteiger partial charge in [-0.3, -0.25) is 4.79 Å². The van der Waals surface area contributed by atoms with Crippen LogP contribution in [0.3, 0.4) is 0 Å². The van der Waals surface area contributed by atoms with E-state index in [1.54, 1.807) is 12.1 Å². The van der Waals surface area contributed by atoms with Crippen LogP contribution in [-0.2, 0) is 4.79 Å². The number of benzene rings is 2. The summed E-state index contributed by atoms with van der Waals surface area (Å²) in [6.07, 6.45) is 0. The maximum Gasteiger partial charge on any atom is 0.262 e. The molecule has 0 unspecified atom stereocenters. The molecule has 2 rings (SSSR count). The minimum absolute atomic E-state index is 0.0513. The van der Waals surface area contributed by atoms with Crippen molar-refractivity contribution in [1.29, 1.82) is 0 Å².